The van der Waals surface area contributed by atoms with E-state index in [2.05, 4.69) is 33.5 Å². The maximum atomic E-state index is 12.6. The van der Waals surface area contributed by atoms with Crippen molar-refractivity contribution in [1.29, 1.82) is 0 Å². The summed E-state index contributed by atoms with van der Waals surface area (Å²) < 4.78 is 6.66. The Labute approximate surface area is 180 Å². The zero-order chi connectivity index (χ0) is 20.6. The number of benzene rings is 2. The van der Waals surface area contributed by atoms with Crippen molar-refractivity contribution in [2.24, 2.45) is 5.92 Å². The van der Waals surface area contributed by atoms with Gasteiger partial charge in [-0.15, -0.1) is 0 Å². The van der Waals surface area contributed by atoms with Crippen LogP contribution in [0.15, 0.2) is 53.0 Å². The molecule has 2 amide bonds. The molecule has 1 saturated carbocycles. The van der Waals surface area contributed by atoms with E-state index < -0.39 is 0 Å². The molecule has 0 radical (unpaired) electrons. The van der Waals surface area contributed by atoms with Crippen LogP contribution in [0.5, 0.6) is 0 Å². The van der Waals surface area contributed by atoms with E-state index in [-0.39, 0.29) is 17.9 Å². The van der Waals surface area contributed by atoms with Crippen LogP contribution in [0.25, 0.3) is 0 Å². The van der Waals surface area contributed by atoms with Gasteiger partial charge in [-0.25, -0.2) is 0 Å². The first-order valence-electron chi connectivity index (χ1n) is 10.1. The zero-order valence-electron chi connectivity index (χ0n) is 16.6. The predicted octanol–water partition coefficient (Wildman–Crippen LogP) is 5.03. The van der Waals surface area contributed by atoms with Crippen LogP contribution in [-0.4, -0.2) is 31.1 Å². The number of para-hydroxylation sites is 1. The Morgan fingerprint density at radius 2 is 1.69 bits per heavy atom. The summed E-state index contributed by atoms with van der Waals surface area (Å²) in [5.74, 6) is 0.0772. The van der Waals surface area contributed by atoms with Gasteiger partial charge in [0.25, 0.3) is 11.8 Å². The Morgan fingerprint density at radius 3 is 2.45 bits per heavy atom. The van der Waals surface area contributed by atoms with Crippen LogP contribution in [0.3, 0.4) is 0 Å². The molecular weight excluding hydrogens is 432 g/mol. The summed E-state index contributed by atoms with van der Waals surface area (Å²) in [5.41, 5.74) is 1.42. The van der Waals surface area contributed by atoms with Gasteiger partial charge in [-0.3, -0.25) is 9.59 Å². The van der Waals surface area contributed by atoms with Gasteiger partial charge < -0.3 is 15.4 Å². The Bertz CT molecular complexity index is 856. The van der Waals surface area contributed by atoms with E-state index in [9.17, 15) is 9.59 Å². The van der Waals surface area contributed by atoms with Crippen molar-refractivity contribution in [3.05, 3.63) is 64.1 Å². The van der Waals surface area contributed by atoms with Gasteiger partial charge in [0.2, 0.25) is 0 Å². The summed E-state index contributed by atoms with van der Waals surface area (Å²) >= 11 is 3.38. The topological polar surface area (TPSA) is 67.4 Å². The Hall–Kier alpha value is -2.18. The van der Waals surface area contributed by atoms with Crippen LogP contribution >= 0.6 is 15.9 Å². The second-order valence-electron chi connectivity index (χ2n) is 7.41. The van der Waals surface area contributed by atoms with Crippen LogP contribution in [0, 0.1) is 5.92 Å². The molecule has 2 N–H and O–H groups in total. The van der Waals surface area contributed by atoms with E-state index in [4.69, 9.17) is 4.74 Å². The first-order valence-corrected chi connectivity index (χ1v) is 10.9. The molecule has 0 aliphatic heterocycles. The molecule has 3 rings (SSSR count). The van der Waals surface area contributed by atoms with Gasteiger partial charge in [-0.05, 0) is 59.0 Å². The number of nitrogens with one attached hydrogen (secondary N) is 2. The van der Waals surface area contributed by atoms with Crippen LogP contribution in [0.2, 0.25) is 0 Å². The monoisotopic (exact) mass is 458 g/mol. The number of anilines is 1. The predicted molar refractivity (Wildman–Crippen MR) is 118 cm³/mol. The average Bonchev–Trinajstić information content (AvgIpc) is 2.73. The van der Waals surface area contributed by atoms with Crippen molar-refractivity contribution in [3.63, 3.8) is 0 Å². The first kappa shape index (κ1) is 21.5. The third-order valence-corrected chi connectivity index (χ3v) is 5.98. The fraction of sp³-hybridized carbons (Fsp3) is 0.391. The SMILES string of the molecule is CC1CCCCC1OCCNC(=O)c1ccccc1NC(=O)c1ccccc1Br. The molecule has 1 aliphatic carbocycles. The molecule has 0 spiro atoms. The number of halogens is 1. The number of ether oxygens (including phenoxy) is 1. The molecule has 0 bridgehead atoms. The second kappa shape index (κ2) is 10.6. The molecule has 1 aliphatic rings. The third kappa shape index (κ3) is 5.90. The highest BCUT2D eigenvalue weighted by Gasteiger charge is 2.21. The molecule has 5 nitrogen and oxygen atoms in total. The summed E-state index contributed by atoms with van der Waals surface area (Å²) in [6, 6.07) is 14.2. The van der Waals surface area contributed by atoms with E-state index in [1.54, 1.807) is 42.5 Å². The van der Waals surface area contributed by atoms with Crippen LogP contribution in [0.1, 0.15) is 53.3 Å². The van der Waals surface area contributed by atoms with Crippen molar-refractivity contribution < 1.29 is 14.3 Å². The molecule has 2 unspecified atom stereocenters. The smallest absolute Gasteiger partial charge is 0.256 e. The van der Waals surface area contributed by atoms with Gasteiger partial charge in [0, 0.05) is 11.0 Å². The van der Waals surface area contributed by atoms with Crippen LogP contribution in [-0.2, 0) is 4.74 Å². The Kier molecular flexibility index (Phi) is 7.83. The largest absolute Gasteiger partial charge is 0.376 e. The molecule has 2 aromatic rings. The summed E-state index contributed by atoms with van der Waals surface area (Å²) in [5, 5.41) is 5.73. The number of hydrogen-bond donors (Lipinski definition) is 2. The van der Waals surface area contributed by atoms with Crippen molar-refractivity contribution in [2.75, 3.05) is 18.5 Å². The highest BCUT2D eigenvalue weighted by Crippen LogP contribution is 2.26. The molecule has 2 aromatic carbocycles. The molecule has 1 fully saturated rings. The van der Waals surface area contributed by atoms with Gasteiger partial charge >= 0.3 is 0 Å². The molecular formula is C23H27BrN2O3. The number of rotatable bonds is 7. The summed E-state index contributed by atoms with van der Waals surface area (Å²) in [6.07, 6.45) is 5.09. The Balaban J connectivity index is 1.56. The van der Waals surface area contributed by atoms with E-state index in [0.29, 0.717) is 40.4 Å². The van der Waals surface area contributed by atoms with E-state index in [0.717, 1.165) is 6.42 Å². The van der Waals surface area contributed by atoms with Crippen molar-refractivity contribution in [3.8, 4) is 0 Å². The average molecular weight is 459 g/mol. The number of carbonyl (C=O) groups is 2. The lowest BCUT2D eigenvalue weighted by Crippen LogP contribution is -2.32. The molecule has 2 atom stereocenters. The molecule has 0 saturated heterocycles. The lowest BCUT2D eigenvalue weighted by molar-refractivity contribution is -0.00293. The maximum absolute atomic E-state index is 12.6. The second-order valence-corrected chi connectivity index (χ2v) is 8.26. The zero-order valence-corrected chi connectivity index (χ0v) is 18.2. The quantitative estimate of drug-likeness (QED) is 0.571. The highest BCUT2D eigenvalue weighted by atomic mass is 79.9. The molecule has 0 heterocycles. The summed E-state index contributed by atoms with van der Waals surface area (Å²) in [7, 11) is 0. The fourth-order valence-corrected chi connectivity index (χ4v) is 4.09. The standard InChI is InChI=1S/C23H27BrN2O3/c1-16-8-2-7-13-21(16)29-15-14-25-22(27)18-10-4-6-12-20(18)26-23(28)17-9-3-5-11-19(17)24/h3-6,9-12,16,21H,2,7-8,13-15H2,1H3,(H,25,27)(H,26,28). The van der Waals surface area contributed by atoms with E-state index in [1.165, 1.54) is 19.3 Å². The minimum Gasteiger partial charge on any atom is -0.376 e. The van der Waals surface area contributed by atoms with Gasteiger partial charge in [0.15, 0.2) is 0 Å². The molecule has 6 heteroatoms. The van der Waals surface area contributed by atoms with Gasteiger partial charge in [-0.1, -0.05) is 44.0 Å². The number of carbonyl (C=O) groups excluding carboxylic acids is 2. The molecule has 154 valence electrons. The van der Waals surface area contributed by atoms with E-state index >= 15 is 0 Å². The van der Waals surface area contributed by atoms with Crippen LogP contribution in [0.4, 0.5) is 5.69 Å². The van der Waals surface area contributed by atoms with Gasteiger partial charge in [0.05, 0.1) is 29.5 Å². The third-order valence-electron chi connectivity index (χ3n) is 5.29. The fourth-order valence-electron chi connectivity index (χ4n) is 3.63. The lowest BCUT2D eigenvalue weighted by atomic mass is 9.88. The lowest BCUT2D eigenvalue weighted by Gasteiger charge is -2.28. The molecule has 29 heavy (non-hydrogen) atoms. The minimum atomic E-state index is -0.271. The maximum Gasteiger partial charge on any atom is 0.256 e. The summed E-state index contributed by atoms with van der Waals surface area (Å²) in [4.78, 5) is 25.2. The normalized spacial score (nSPS) is 18.8. The number of amides is 2. The first-order chi connectivity index (χ1) is 14.1. The summed E-state index contributed by atoms with van der Waals surface area (Å²) in [6.45, 7) is 3.16. The van der Waals surface area contributed by atoms with E-state index in [1.807, 2.05) is 6.07 Å². The molecule has 0 aromatic heterocycles. The van der Waals surface area contributed by atoms with Gasteiger partial charge in [0.1, 0.15) is 0 Å². The Morgan fingerprint density at radius 1 is 1.00 bits per heavy atom. The minimum absolute atomic E-state index is 0.228. The number of hydrogen-bond acceptors (Lipinski definition) is 3. The van der Waals surface area contributed by atoms with Crippen molar-refractivity contribution in [2.45, 2.75) is 38.7 Å². The van der Waals surface area contributed by atoms with Crippen LogP contribution < -0.4 is 10.6 Å². The van der Waals surface area contributed by atoms with Crippen molar-refractivity contribution in [1.82, 2.24) is 5.32 Å². The van der Waals surface area contributed by atoms with Crippen molar-refractivity contribution >= 4 is 33.4 Å². The highest BCUT2D eigenvalue weighted by molar-refractivity contribution is 9.10. The van der Waals surface area contributed by atoms with Gasteiger partial charge in [-0.2, -0.15) is 0 Å².